The van der Waals surface area contributed by atoms with Crippen LogP contribution in [0.4, 0.5) is 11.5 Å². The van der Waals surface area contributed by atoms with Gasteiger partial charge in [-0.25, -0.2) is 9.97 Å². The van der Waals surface area contributed by atoms with Crippen molar-refractivity contribution in [2.75, 3.05) is 30.4 Å². The molecule has 0 saturated carbocycles. The minimum Gasteiger partial charge on any atom is -0.497 e. The highest BCUT2D eigenvalue weighted by molar-refractivity contribution is 7.18. The monoisotopic (exact) mass is 396 g/mol. The molecule has 28 heavy (non-hydrogen) atoms. The predicted molar refractivity (Wildman–Crippen MR) is 113 cm³/mol. The number of piperidine rings is 1. The number of benzene rings is 1. The molecule has 4 rings (SSSR count). The van der Waals surface area contributed by atoms with Crippen LogP contribution in [-0.4, -0.2) is 36.1 Å². The largest absolute Gasteiger partial charge is 0.497 e. The molecule has 6 nitrogen and oxygen atoms in total. The number of amides is 1. The maximum Gasteiger partial charge on any atom is 0.229 e. The van der Waals surface area contributed by atoms with Crippen molar-refractivity contribution in [2.45, 2.75) is 26.2 Å². The number of aromatic nitrogens is 2. The van der Waals surface area contributed by atoms with E-state index in [0.29, 0.717) is 6.54 Å². The number of anilines is 2. The first-order valence-electron chi connectivity index (χ1n) is 9.61. The summed E-state index contributed by atoms with van der Waals surface area (Å²) >= 11 is 1.72. The highest BCUT2D eigenvalue weighted by Crippen LogP contribution is 2.33. The summed E-state index contributed by atoms with van der Waals surface area (Å²) in [7, 11) is 1.62. The number of fused-ring (bicyclic) bond motifs is 1. The van der Waals surface area contributed by atoms with Gasteiger partial charge in [0.15, 0.2) is 0 Å². The molecule has 0 radical (unpaired) electrons. The van der Waals surface area contributed by atoms with Crippen LogP contribution in [0.25, 0.3) is 10.2 Å². The van der Waals surface area contributed by atoms with E-state index < -0.39 is 0 Å². The molecule has 0 aliphatic carbocycles. The SMILES string of the molecule is CCc1cc2c(N3CCCC(C(=O)Nc4cccc(OC)c4)C3)ncnc2s1. The smallest absolute Gasteiger partial charge is 0.229 e. The topological polar surface area (TPSA) is 67.4 Å². The summed E-state index contributed by atoms with van der Waals surface area (Å²) in [6.07, 6.45) is 4.47. The number of aryl methyl sites for hydroxylation is 1. The second-order valence-corrected chi connectivity index (χ2v) is 8.10. The molecular weight excluding hydrogens is 372 g/mol. The van der Waals surface area contributed by atoms with E-state index in [1.807, 2.05) is 24.3 Å². The summed E-state index contributed by atoms with van der Waals surface area (Å²) < 4.78 is 5.24. The Hall–Kier alpha value is -2.67. The second-order valence-electron chi connectivity index (χ2n) is 6.99. The van der Waals surface area contributed by atoms with Crippen LogP contribution in [0.15, 0.2) is 36.7 Å². The molecule has 1 amide bonds. The van der Waals surface area contributed by atoms with Crippen LogP contribution >= 0.6 is 11.3 Å². The molecule has 1 unspecified atom stereocenters. The van der Waals surface area contributed by atoms with Gasteiger partial charge in [0.25, 0.3) is 0 Å². The van der Waals surface area contributed by atoms with Crippen molar-refractivity contribution in [1.82, 2.24) is 9.97 Å². The summed E-state index contributed by atoms with van der Waals surface area (Å²) in [6, 6.07) is 9.65. The van der Waals surface area contributed by atoms with Crippen molar-refractivity contribution in [3.63, 3.8) is 0 Å². The van der Waals surface area contributed by atoms with Gasteiger partial charge in [0, 0.05) is 29.7 Å². The standard InChI is InChI=1S/C21H24N4O2S/c1-3-17-11-18-19(22-13-23-21(18)28-17)25-9-5-6-14(12-25)20(26)24-15-7-4-8-16(10-15)27-2/h4,7-8,10-11,13-14H,3,5-6,9,12H2,1-2H3,(H,24,26). The Morgan fingerprint density at radius 2 is 2.25 bits per heavy atom. The van der Waals surface area contributed by atoms with Crippen molar-refractivity contribution < 1.29 is 9.53 Å². The number of ether oxygens (including phenoxy) is 1. The van der Waals surface area contributed by atoms with Gasteiger partial charge in [-0.3, -0.25) is 4.79 Å². The predicted octanol–water partition coefficient (Wildman–Crippen LogP) is 4.12. The molecule has 2 aromatic heterocycles. The molecule has 1 aliphatic rings. The number of methoxy groups -OCH3 is 1. The Morgan fingerprint density at radius 3 is 3.07 bits per heavy atom. The molecule has 3 aromatic rings. The van der Waals surface area contributed by atoms with Gasteiger partial charge in [-0.05, 0) is 37.5 Å². The van der Waals surface area contributed by atoms with Crippen LogP contribution in [0, 0.1) is 5.92 Å². The Bertz CT molecular complexity index is 987. The Labute approximate surface area is 168 Å². The minimum absolute atomic E-state index is 0.0443. The molecule has 7 heteroatoms. The van der Waals surface area contributed by atoms with E-state index in [0.717, 1.165) is 53.3 Å². The van der Waals surface area contributed by atoms with Gasteiger partial charge < -0.3 is 15.0 Å². The number of hydrogen-bond donors (Lipinski definition) is 1. The van der Waals surface area contributed by atoms with E-state index in [1.165, 1.54) is 4.88 Å². The van der Waals surface area contributed by atoms with Crippen LogP contribution in [0.1, 0.15) is 24.6 Å². The van der Waals surface area contributed by atoms with Gasteiger partial charge in [-0.2, -0.15) is 0 Å². The highest BCUT2D eigenvalue weighted by Gasteiger charge is 2.28. The molecule has 0 spiro atoms. The molecule has 1 aromatic carbocycles. The number of thiophene rings is 1. The quantitative estimate of drug-likeness (QED) is 0.703. The lowest BCUT2D eigenvalue weighted by molar-refractivity contribution is -0.120. The number of rotatable bonds is 5. The number of nitrogens with one attached hydrogen (secondary N) is 1. The summed E-state index contributed by atoms with van der Waals surface area (Å²) in [5.41, 5.74) is 0.760. The van der Waals surface area contributed by atoms with Gasteiger partial charge >= 0.3 is 0 Å². The van der Waals surface area contributed by atoms with Gasteiger partial charge in [-0.15, -0.1) is 11.3 Å². The van der Waals surface area contributed by atoms with Crippen molar-refractivity contribution in [1.29, 1.82) is 0 Å². The first kappa shape index (κ1) is 18.7. The molecule has 1 atom stereocenters. The van der Waals surface area contributed by atoms with E-state index in [-0.39, 0.29) is 11.8 Å². The lowest BCUT2D eigenvalue weighted by Gasteiger charge is -2.33. The third kappa shape index (κ3) is 3.80. The second kappa shape index (κ2) is 8.14. The maximum atomic E-state index is 12.8. The number of hydrogen-bond acceptors (Lipinski definition) is 6. The molecule has 146 valence electrons. The molecule has 1 aliphatic heterocycles. The molecule has 1 N–H and O–H groups in total. The molecule has 3 heterocycles. The van der Waals surface area contributed by atoms with Crippen LogP contribution in [0.2, 0.25) is 0 Å². The molecule has 0 bridgehead atoms. The fourth-order valence-corrected chi connectivity index (χ4v) is 4.58. The average molecular weight is 397 g/mol. The molecule has 1 fully saturated rings. The van der Waals surface area contributed by atoms with Crippen LogP contribution in [0.3, 0.4) is 0 Å². The third-order valence-electron chi connectivity index (χ3n) is 5.14. The van der Waals surface area contributed by atoms with E-state index >= 15 is 0 Å². The van der Waals surface area contributed by atoms with Crippen LogP contribution < -0.4 is 15.0 Å². The Balaban J connectivity index is 1.51. The van der Waals surface area contributed by atoms with E-state index in [2.05, 4.69) is 33.2 Å². The van der Waals surface area contributed by atoms with Crippen molar-refractivity contribution in [3.05, 3.63) is 41.5 Å². The van der Waals surface area contributed by atoms with Crippen LogP contribution in [0.5, 0.6) is 5.75 Å². The van der Waals surface area contributed by atoms with E-state index in [9.17, 15) is 4.79 Å². The molecular formula is C21H24N4O2S. The lowest BCUT2D eigenvalue weighted by atomic mass is 9.96. The zero-order valence-corrected chi connectivity index (χ0v) is 17.0. The number of carbonyl (C=O) groups is 1. The highest BCUT2D eigenvalue weighted by atomic mass is 32.1. The Kier molecular flexibility index (Phi) is 5.43. The zero-order chi connectivity index (χ0) is 19.5. The fraction of sp³-hybridized carbons (Fsp3) is 0.381. The van der Waals surface area contributed by atoms with Crippen molar-refractivity contribution in [3.8, 4) is 5.75 Å². The first-order valence-corrected chi connectivity index (χ1v) is 10.4. The van der Waals surface area contributed by atoms with E-state index in [4.69, 9.17) is 4.74 Å². The zero-order valence-electron chi connectivity index (χ0n) is 16.1. The van der Waals surface area contributed by atoms with Crippen molar-refractivity contribution in [2.24, 2.45) is 5.92 Å². The van der Waals surface area contributed by atoms with Crippen LogP contribution in [-0.2, 0) is 11.2 Å². The van der Waals surface area contributed by atoms with E-state index in [1.54, 1.807) is 24.8 Å². The first-order chi connectivity index (χ1) is 13.7. The maximum absolute atomic E-state index is 12.8. The lowest BCUT2D eigenvalue weighted by Crippen LogP contribution is -2.41. The summed E-state index contributed by atoms with van der Waals surface area (Å²) in [4.78, 5) is 26.4. The summed E-state index contributed by atoms with van der Waals surface area (Å²) in [5.74, 6) is 1.65. The number of carbonyl (C=O) groups excluding carboxylic acids is 1. The van der Waals surface area contributed by atoms with Gasteiger partial charge in [0.05, 0.1) is 18.4 Å². The summed E-state index contributed by atoms with van der Waals surface area (Å²) in [5, 5.41) is 4.13. The molecule has 1 saturated heterocycles. The average Bonchev–Trinajstić information content (AvgIpc) is 3.17. The normalized spacial score (nSPS) is 16.9. The third-order valence-corrected chi connectivity index (χ3v) is 6.32. The Morgan fingerprint density at radius 1 is 1.36 bits per heavy atom. The number of nitrogens with zero attached hydrogens (tertiary/aromatic N) is 3. The summed E-state index contributed by atoms with van der Waals surface area (Å²) in [6.45, 7) is 3.73. The van der Waals surface area contributed by atoms with Gasteiger partial charge in [0.1, 0.15) is 22.7 Å². The van der Waals surface area contributed by atoms with Crippen molar-refractivity contribution >= 4 is 39.0 Å². The fourth-order valence-electron chi connectivity index (χ4n) is 3.65. The van der Waals surface area contributed by atoms with Gasteiger partial charge in [0.2, 0.25) is 5.91 Å². The minimum atomic E-state index is -0.0748. The van der Waals surface area contributed by atoms with Gasteiger partial charge in [-0.1, -0.05) is 13.0 Å².